The van der Waals surface area contributed by atoms with Gasteiger partial charge in [-0.15, -0.1) is 0 Å². The van der Waals surface area contributed by atoms with Crippen LogP contribution < -0.4 is 0 Å². The average molecular weight is 381 g/mol. The highest BCUT2D eigenvalue weighted by Gasteiger charge is 2.30. The molecule has 4 rings (SSSR count). The molecule has 3 heterocycles. The molecule has 2 aliphatic rings. The van der Waals surface area contributed by atoms with Crippen LogP contribution in [0.3, 0.4) is 0 Å². The molecule has 1 atom stereocenters. The van der Waals surface area contributed by atoms with Crippen LogP contribution in [0.5, 0.6) is 0 Å². The second kappa shape index (κ2) is 8.93. The molecule has 2 aliphatic heterocycles. The first-order valence-corrected chi connectivity index (χ1v) is 10.6. The third kappa shape index (κ3) is 4.47. The van der Waals surface area contributed by atoms with Gasteiger partial charge in [-0.05, 0) is 37.5 Å². The Morgan fingerprint density at radius 2 is 1.57 bits per heavy atom. The summed E-state index contributed by atoms with van der Waals surface area (Å²) in [6.45, 7) is 9.39. The number of carbonyl (C=O) groups excluding carboxylic acids is 1. The highest BCUT2D eigenvalue weighted by Crippen LogP contribution is 2.21. The van der Waals surface area contributed by atoms with Crippen molar-refractivity contribution in [2.45, 2.75) is 38.4 Å². The number of carbonyl (C=O) groups is 1. The van der Waals surface area contributed by atoms with E-state index in [2.05, 4.69) is 45.0 Å². The molecule has 28 heavy (non-hydrogen) atoms. The average Bonchev–Trinajstić information content (AvgIpc) is 3.29. The van der Waals surface area contributed by atoms with E-state index in [0.717, 1.165) is 58.7 Å². The number of nitrogens with zero attached hydrogens (tertiary/aromatic N) is 4. The monoisotopic (exact) mass is 380 g/mol. The minimum absolute atomic E-state index is 0.104. The summed E-state index contributed by atoms with van der Waals surface area (Å²) in [7, 11) is 0. The minimum atomic E-state index is -0.104. The lowest BCUT2D eigenvalue weighted by Crippen LogP contribution is -2.53. The predicted molar refractivity (Wildman–Crippen MR) is 112 cm³/mol. The van der Waals surface area contributed by atoms with Gasteiger partial charge in [-0.1, -0.05) is 30.3 Å². The highest BCUT2D eigenvalue weighted by molar-refractivity contribution is 5.80. The summed E-state index contributed by atoms with van der Waals surface area (Å²) in [4.78, 5) is 20.1. The van der Waals surface area contributed by atoms with Crippen LogP contribution in [0.2, 0.25) is 0 Å². The topological polar surface area (TPSA) is 31.7 Å². The summed E-state index contributed by atoms with van der Waals surface area (Å²) in [6, 6.07) is 15.2. The molecule has 0 radical (unpaired) electrons. The molecule has 150 valence electrons. The zero-order valence-corrected chi connectivity index (χ0v) is 16.9. The van der Waals surface area contributed by atoms with Crippen LogP contribution in [0.15, 0.2) is 54.9 Å². The number of piperazine rings is 1. The van der Waals surface area contributed by atoms with Crippen molar-refractivity contribution in [2.24, 2.45) is 0 Å². The molecule has 0 aliphatic carbocycles. The highest BCUT2D eigenvalue weighted by atomic mass is 16.2. The van der Waals surface area contributed by atoms with Crippen LogP contribution in [0.25, 0.3) is 0 Å². The Labute approximate surface area is 168 Å². The second-order valence-electron chi connectivity index (χ2n) is 8.16. The molecule has 2 fully saturated rings. The van der Waals surface area contributed by atoms with Gasteiger partial charge in [0.1, 0.15) is 6.04 Å². The zero-order valence-electron chi connectivity index (χ0n) is 16.9. The fourth-order valence-corrected chi connectivity index (χ4v) is 4.58. The minimum Gasteiger partial charge on any atom is -0.342 e. The van der Waals surface area contributed by atoms with Crippen molar-refractivity contribution in [1.29, 1.82) is 0 Å². The van der Waals surface area contributed by atoms with Gasteiger partial charge in [0, 0.05) is 64.2 Å². The van der Waals surface area contributed by atoms with Crippen molar-refractivity contribution in [1.82, 2.24) is 19.3 Å². The summed E-state index contributed by atoms with van der Waals surface area (Å²) in [5, 5.41) is 0. The van der Waals surface area contributed by atoms with E-state index in [9.17, 15) is 4.79 Å². The number of hydrogen-bond donors (Lipinski definition) is 0. The van der Waals surface area contributed by atoms with Crippen molar-refractivity contribution < 1.29 is 4.79 Å². The molecule has 0 N–H and O–H groups in total. The third-order valence-corrected chi connectivity index (χ3v) is 6.38. The maximum Gasteiger partial charge on any atom is 0.245 e. The third-order valence-electron chi connectivity index (χ3n) is 6.38. The molecular formula is C23H32N4O. The maximum absolute atomic E-state index is 12.8. The molecule has 5 nitrogen and oxygen atoms in total. The van der Waals surface area contributed by atoms with Crippen molar-refractivity contribution in [2.75, 3.05) is 39.3 Å². The predicted octanol–water partition coefficient (Wildman–Crippen LogP) is 2.86. The van der Waals surface area contributed by atoms with Crippen LogP contribution in [0, 0.1) is 0 Å². The summed E-state index contributed by atoms with van der Waals surface area (Å²) >= 11 is 0. The molecule has 0 spiro atoms. The van der Waals surface area contributed by atoms with Gasteiger partial charge < -0.3 is 9.47 Å². The first-order valence-electron chi connectivity index (χ1n) is 10.6. The van der Waals surface area contributed by atoms with Crippen molar-refractivity contribution in [3.8, 4) is 0 Å². The van der Waals surface area contributed by atoms with E-state index in [-0.39, 0.29) is 11.9 Å². The zero-order chi connectivity index (χ0) is 19.3. The van der Waals surface area contributed by atoms with Crippen LogP contribution in [-0.4, -0.2) is 70.5 Å². The van der Waals surface area contributed by atoms with Crippen LogP contribution in [-0.2, 0) is 11.3 Å². The van der Waals surface area contributed by atoms with Gasteiger partial charge in [-0.25, -0.2) is 0 Å². The maximum atomic E-state index is 12.8. The van der Waals surface area contributed by atoms with E-state index >= 15 is 0 Å². The number of piperidine rings is 1. The number of amides is 1. The van der Waals surface area contributed by atoms with E-state index in [1.807, 2.05) is 36.0 Å². The molecule has 0 saturated carbocycles. The lowest BCUT2D eigenvalue weighted by Gasteiger charge is -2.43. The SMILES string of the molecule is C[C@@H](C(=O)N1CCC(N2CCN(Cc3ccccc3)CC2)CC1)n1cccc1. The lowest BCUT2D eigenvalue weighted by molar-refractivity contribution is -0.136. The Kier molecular flexibility index (Phi) is 6.13. The van der Waals surface area contributed by atoms with Crippen molar-refractivity contribution in [3.05, 3.63) is 60.4 Å². The number of rotatable bonds is 5. The molecule has 1 aromatic carbocycles. The van der Waals surface area contributed by atoms with E-state index < -0.39 is 0 Å². The van der Waals surface area contributed by atoms with Crippen LogP contribution >= 0.6 is 0 Å². The largest absolute Gasteiger partial charge is 0.342 e. The molecule has 2 saturated heterocycles. The molecule has 1 aromatic heterocycles. The van der Waals surface area contributed by atoms with Gasteiger partial charge in [0.25, 0.3) is 0 Å². The number of aromatic nitrogens is 1. The van der Waals surface area contributed by atoms with E-state index in [1.165, 1.54) is 5.56 Å². The summed E-state index contributed by atoms with van der Waals surface area (Å²) in [5.41, 5.74) is 1.40. The Bertz CT molecular complexity index is 729. The fraction of sp³-hybridized carbons (Fsp3) is 0.522. The number of benzene rings is 1. The van der Waals surface area contributed by atoms with Crippen molar-refractivity contribution >= 4 is 5.91 Å². The van der Waals surface area contributed by atoms with Crippen molar-refractivity contribution in [3.63, 3.8) is 0 Å². The van der Waals surface area contributed by atoms with Gasteiger partial charge in [0.05, 0.1) is 0 Å². The first-order chi connectivity index (χ1) is 13.7. The standard InChI is InChI=1S/C23H32N4O/c1-20(25-11-5-6-12-25)23(28)27-13-9-22(10-14-27)26-17-15-24(16-18-26)19-21-7-3-2-4-8-21/h2-8,11-12,20,22H,9-10,13-19H2,1H3/t20-/m0/s1. The molecular weight excluding hydrogens is 348 g/mol. The summed E-state index contributed by atoms with van der Waals surface area (Å²) < 4.78 is 2.00. The Hall–Kier alpha value is -2.11. The number of hydrogen-bond acceptors (Lipinski definition) is 3. The summed E-state index contributed by atoms with van der Waals surface area (Å²) in [6.07, 6.45) is 6.15. The fourth-order valence-electron chi connectivity index (χ4n) is 4.58. The lowest BCUT2D eigenvalue weighted by atomic mass is 10.0. The molecule has 5 heteroatoms. The Morgan fingerprint density at radius 1 is 0.929 bits per heavy atom. The van der Waals surface area contributed by atoms with Gasteiger partial charge in [-0.2, -0.15) is 0 Å². The van der Waals surface area contributed by atoms with Crippen LogP contribution in [0.4, 0.5) is 0 Å². The molecule has 2 aromatic rings. The van der Waals surface area contributed by atoms with Gasteiger partial charge >= 0.3 is 0 Å². The molecule has 0 unspecified atom stereocenters. The van der Waals surface area contributed by atoms with E-state index in [1.54, 1.807) is 0 Å². The quantitative estimate of drug-likeness (QED) is 0.799. The van der Waals surface area contributed by atoms with E-state index in [4.69, 9.17) is 0 Å². The Balaban J connectivity index is 1.22. The van der Waals surface area contributed by atoms with Crippen LogP contribution in [0.1, 0.15) is 31.4 Å². The molecule has 0 bridgehead atoms. The Morgan fingerprint density at radius 3 is 2.21 bits per heavy atom. The second-order valence-corrected chi connectivity index (χ2v) is 8.16. The first kappa shape index (κ1) is 19.2. The smallest absolute Gasteiger partial charge is 0.245 e. The molecule has 1 amide bonds. The summed E-state index contributed by atoms with van der Waals surface area (Å²) in [5.74, 6) is 0.252. The van der Waals surface area contributed by atoms with Gasteiger partial charge in [0.2, 0.25) is 5.91 Å². The number of likely N-dealkylation sites (tertiary alicyclic amines) is 1. The van der Waals surface area contributed by atoms with Gasteiger partial charge in [0.15, 0.2) is 0 Å². The van der Waals surface area contributed by atoms with E-state index in [0.29, 0.717) is 6.04 Å². The van der Waals surface area contributed by atoms with Gasteiger partial charge in [-0.3, -0.25) is 14.6 Å². The normalized spacial score (nSPS) is 21.0.